The molecule has 1 aliphatic rings. The number of nitrogens with zero attached hydrogens (tertiary/aromatic N) is 3. The van der Waals surface area contributed by atoms with Crippen LogP contribution in [0.5, 0.6) is 5.75 Å². The smallest absolute Gasteiger partial charge is 0.226 e. The van der Waals surface area contributed by atoms with Crippen LogP contribution in [0, 0.1) is 13.8 Å². The van der Waals surface area contributed by atoms with E-state index in [0.29, 0.717) is 11.8 Å². The lowest BCUT2D eigenvalue weighted by Gasteiger charge is -2.30. The van der Waals surface area contributed by atoms with Gasteiger partial charge in [-0.1, -0.05) is 12.1 Å². The van der Waals surface area contributed by atoms with Crippen LogP contribution >= 0.6 is 0 Å². The molecule has 1 atom stereocenters. The number of rotatable bonds is 5. The highest BCUT2D eigenvalue weighted by atomic mass is 16.5. The molecule has 160 valence electrons. The third kappa shape index (κ3) is 3.95. The lowest BCUT2D eigenvalue weighted by atomic mass is 9.98. The molecule has 0 saturated carbocycles. The van der Waals surface area contributed by atoms with E-state index in [9.17, 15) is 0 Å². The molecule has 1 fully saturated rings. The van der Waals surface area contributed by atoms with Crippen molar-refractivity contribution in [3.8, 4) is 17.2 Å². The Morgan fingerprint density at radius 1 is 1.10 bits per heavy atom. The fourth-order valence-corrected chi connectivity index (χ4v) is 4.39. The van der Waals surface area contributed by atoms with Crippen LogP contribution in [0.15, 0.2) is 51.3 Å². The lowest BCUT2D eigenvalue weighted by molar-refractivity contribution is 0.185. The maximum Gasteiger partial charge on any atom is 0.226 e. The van der Waals surface area contributed by atoms with E-state index in [-0.39, 0.29) is 0 Å². The zero-order valence-corrected chi connectivity index (χ0v) is 18.2. The summed E-state index contributed by atoms with van der Waals surface area (Å²) in [6.07, 6.45) is 2.21. The van der Waals surface area contributed by atoms with Gasteiger partial charge in [0.15, 0.2) is 11.5 Å². The largest absolute Gasteiger partial charge is 0.496 e. The molecule has 6 heteroatoms. The number of ether oxygens (including phenoxy) is 1. The second-order valence-electron chi connectivity index (χ2n) is 8.30. The minimum absolute atomic E-state index is 0.303. The van der Waals surface area contributed by atoms with Crippen LogP contribution < -0.4 is 4.74 Å². The summed E-state index contributed by atoms with van der Waals surface area (Å²) in [6, 6.07) is 14.0. The van der Waals surface area contributed by atoms with Crippen LogP contribution in [-0.4, -0.2) is 35.1 Å². The summed E-state index contributed by atoms with van der Waals surface area (Å²) in [4.78, 5) is 12.0. The number of hydrogen-bond acceptors (Lipinski definition) is 6. The average Bonchev–Trinajstić information content (AvgIpc) is 3.38. The summed E-state index contributed by atoms with van der Waals surface area (Å²) in [5.74, 6) is 3.54. The van der Waals surface area contributed by atoms with E-state index in [1.165, 1.54) is 0 Å². The Kier molecular flexibility index (Phi) is 5.24. The Bertz CT molecular complexity index is 1180. The molecule has 0 amide bonds. The first-order chi connectivity index (χ1) is 15.1. The molecule has 0 unspecified atom stereocenters. The molecule has 1 aliphatic heterocycles. The quantitative estimate of drug-likeness (QED) is 0.428. The number of aromatic nitrogens is 2. The third-order valence-corrected chi connectivity index (χ3v) is 6.07. The van der Waals surface area contributed by atoms with Crippen molar-refractivity contribution < 1.29 is 13.6 Å². The maximum atomic E-state index is 6.04. The predicted octanol–water partition coefficient (Wildman–Crippen LogP) is 5.49. The standard InChI is InChI=1S/C25H27N3O3/c1-16-13-18(10-11-22(16)29-3)24-27-21(17(2)30-24)15-28-12-6-7-19(14-28)25-26-20-8-4-5-9-23(20)31-25/h4-5,8-11,13,19H,6-7,12,14-15H2,1-3H3/t19-/m1/s1. The normalized spacial score (nSPS) is 17.3. The van der Waals surface area contributed by atoms with Crippen molar-refractivity contribution in [2.45, 2.75) is 39.2 Å². The highest BCUT2D eigenvalue weighted by Crippen LogP contribution is 2.31. The van der Waals surface area contributed by atoms with Crippen LogP contribution in [0.4, 0.5) is 0 Å². The molecule has 4 aromatic rings. The predicted molar refractivity (Wildman–Crippen MR) is 119 cm³/mol. The Balaban J connectivity index is 1.32. The van der Waals surface area contributed by atoms with Crippen molar-refractivity contribution in [2.24, 2.45) is 0 Å². The topological polar surface area (TPSA) is 64.5 Å². The molecule has 0 radical (unpaired) electrons. The highest BCUT2D eigenvalue weighted by Gasteiger charge is 2.26. The molecular weight excluding hydrogens is 390 g/mol. The van der Waals surface area contributed by atoms with Gasteiger partial charge in [-0.3, -0.25) is 4.90 Å². The average molecular weight is 418 g/mol. The van der Waals surface area contributed by atoms with Gasteiger partial charge in [-0.15, -0.1) is 0 Å². The Labute approximate surface area is 181 Å². The van der Waals surface area contributed by atoms with E-state index in [4.69, 9.17) is 23.5 Å². The molecule has 0 bridgehead atoms. The zero-order chi connectivity index (χ0) is 21.4. The second-order valence-corrected chi connectivity index (χ2v) is 8.30. The Morgan fingerprint density at radius 2 is 1.97 bits per heavy atom. The molecule has 0 N–H and O–H groups in total. The fourth-order valence-electron chi connectivity index (χ4n) is 4.39. The third-order valence-electron chi connectivity index (χ3n) is 6.07. The number of likely N-dealkylation sites (tertiary alicyclic amines) is 1. The van der Waals surface area contributed by atoms with Crippen molar-refractivity contribution in [2.75, 3.05) is 20.2 Å². The molecule has 0 aliphatic carbocycles. The summed E-state index contributed by atoms with van der Waals surface area (Å²) >= 11 is 0. The van der Waals surface area contributed by atoms with Gasteiger partial charge < -0.3 is 13.6 Å². The summed E-state index contributed by atoms with van der Waals surface area (Å²) < 4.78 is 17.4. The monoisotopic (exact) mass is 417 g/mol. The molecular formula is C25H27N3O3. The van der Waals surface area contributed by atoms with Crippen LogP contribution in [-0.2, 0) is 6.54 Å². The molecule has 3 heterocycles. The zero-order valence-electron chi connectivity index (χ0n) is 18.2. The van der Waals surface area contributed by atoms with E-state index >= 15 is 0 Å². The number of methoxy groups -OCH3 is 1. The van der Waals surface area contributed by atoms with Crippen LogP contribution in [0.1, 0.15) is 41.7 Å². The summed E-state index contributed by atoms with van der Waals surface area (Å²) in [6.45, 7) is 6.74. The molecule has 0 spiro atoms. The van der Waals surface area contributed by atoms with Gasteiger partial charge in [-0.25, -0.2) is 9.97 Å². The van der Waals surface area contributed by atoms with Gasteiger partial charge in [0.2, 0.25) is 5.89 Å². The van der Waals surface area contributed by atoms with Crippen molar-refractivity contribution in [1.82, 2.24) is 14.9 Å². The molecule has 5 rings (SSSR count). The first-order valence-corrected chi connectivity index (χ1v) is 10.8. The van der Waals surface area contributed by atoms with Gasteiger partial charge in [-0.2, -0.15) is 0 Å². The van der Waals surface area contributed by atoms with Crippen molar-refractivity contribution >= 4 is 11.1 Å². The van der Waals surface area contributed by atoms with Crippen molar-refractivity contribution in [1.29, 1.82) is 0 Å². The lowest BCUT2D eigenvalue weighted by Crippen LogP contribution is -2.34. The van der Waals surface area contributed by atoms with Gasteiger partial charge in [-0.05, 0) is 69.1 Å². The van der Waals surface area contributed by atoms with Crippen molar-refractivity contribution in [3.63, 3.8) is 0 Å². The van der Waals surface area contributed by atoms with Crippen molar-refractivity contribution in [3.05, 3.63) is 65.4 Å². The first kappa shape index (κ1) is 19.8. The molecule has 2 aromatic heterocycles. The van der Waals surface area contributed by atoms with Gasteiger partial charge >= 0.3 is 0 Å². The fraction of sp³-hybridized carbons (Fsp3) is 0.360. The minimum atomic E-state index is 0.303. The molecule has 31 heavy (non-hydrogen) atoms. The van der Waals surface area contributed by atoms with E-state index in [2.05, 4.69) is 11.0 Å². The van der Waals surface area contributed by atoms with Gasteiger partial charge in [0.25, 0.3) is 0 Å². The Morgan fingerprint density at radius 3 is 2.77 bits per heavy atom. The molecule has 6 nitrogen and oxygen atoms in total. The van der Waals surface area contributed by atoms with Crippen LogP contribution in [0.25, 0.3) is 22.6 Å². The van der Waals surface area contributed by atoms with E-state index < -0.39 is 0 Å². The van der Waals surface area contributed by atoms with Crippen LogP contribution in [0.3, 0.4) is 0 Å². The van der Waals surface area contributed by atoms with Gasteiger partial charge in [0, 0.05) is 24.6 Å². The summed E-state index contributed by atoms with van der Waals surface area (Å²) in [7, 11) is 1.68. The number of hydrogen-bond donors (Lipinski definition) is 0. The highest BCUT2D eigenvalue weighted by molar-refractivity contribution is 5.72. The minimum Gasteiger partial charge on any atom is -0.496 e. The summed E-state index contributed by atoms with van der Waals surface area (Å²) in [5, 5.41) is 0. The first-order valence-electron chi connectivity index (χ1n) is 10.8. The number of piperidine rings is 1. The van der Waals surface area contributed by atoms with Crippen LogP contribution in [0.2, 0.25) is 0 Å². The van der Waals surface area contributed by atoms with Gasteiger partial charge in [0.1, 0.15) is 17.0 Å². The van der Waals surface area contributed by atoms with Gasteiger partial charge in [0.05, 0.1) is 12.8 Å². The number of benzene rings is 2. The van der Waals surface area contributed by atoms with E-state index in [1.54, 1.807) is 7.11 Å². The molecule has 1 saturated heterocycles. The summed E-state index contributed by atoms with van der Waals surface area (Å²) in [5.41, 5.74) is 4.81. The number of aryl methyl sites for hydroxylation is 2. The number of fused-ring (bicyclic) bond motifs is 1. The number of para-hydroxylation sites is 2. The maximum absolute atomic E-state index is 6.04. The SMILES string of the molecule is COc1ccc(-c2nc(CN3CCC[C@@H](c4nc5ccccc5o4)C3)c(C)o2)cc1C. The number of oxazole rings is 2. The molecule has 2 aromatic carbocycles. The van der Waals surface area contributed by atoms with E-state index in [1.807, 2.05) is 50.2 Å². The Hall–Kier alpha value is -3.12. The van der Waals surface area contributed by atoms with E-state index in [0.717, 1.165) is 77.8 Å². The second kappa shape index (κ2) is 8.19.